The molecular weight excluding hydrogens is 656 g/mol. The van der Waals surface area contributed by atoms with Crippen LogP contribution in [-0.2, 0) is 14.3 Å². The molecule has 264 valence electrons. The molecule has 1 aliphatic carbocycles. The average Bonchev–Trinajstić information content (AvgIpc) is 3.45. The number of nitrogens with two attached hydrogens (primary N) is 2. The van der Waals surface area contributed by atoms with E-state index in [2.05, 4.69) is 11.4 Å². The van der Waals surface area contributed by atoms with Gasteiger partial charge >= 0.3 is 12.1 Å². The first kappa shape index (κ1) is 37.1. The average molecular weight is 695 g/mol. The number of primary amides is 1. The van der Waals surface area contributed by atoms with Crippen molar-refractivity contribution in [3.63, 3.8) is 0 Å². The van der Waals surface area contributed by atoms with Gasteiger partial charge in [0.05, 0.1) is 52.2 Å². The highest BCUT2D eigenvalue weighted by atomic mass is 16.5. The molecule has 0 unspecified atom stereocenters. The summed E-state index contributed by atoms with van der Waals surface area (Å²) in [6.07, 6.45) is 0.257. The second-order valence-electron chi connectivity index (χ2n) is 11.1. The molecule has 0 saturated heterocycles. The first-order chi connectivity index (χ1) is 24.5. The SMILES string of the molecule is COc1ccc(/C=C(/C#N)c2cc(OC)c(OC)c(OC)c2)cc1N.NC(=O)[C@H](CC(=O)O)NC(=O)OCC1c2ccccc2-c2ccccc21. The Morgan fingerprint density at radius 2 is 1.43 bits per heavy atom. The number of methoxy groups -OCH3 is 4. The van der Waals surface area contributed by atoms with E-state index in [0.717, 1.165) is 27.8 Å². The number of nitrogens with zero attached hydrogens (tertiary/aromatic N) is 1. The van der Waals surface area contributed by atoms with Gasteiger partial charge in [-0.25, -0.2) is 4.79 Å². The van der Waals surface area contributed by atoms with Gasteiger partial charge in [0, 0.05) is 5.92 Å². The van der Waals surface area contributed by atoms with Gasteiger partial charge in [-0.05, 0) is 63.7 Å². The molecule has 1 aliphatic rings. The number of hydrogen-bond donors (Lipinski definition) is 4. The quantitative estimate of drug-likeness (QED) is 0.0859. The summed E-state index contributed by atoms with van der Waals surface area (Å²) in [4.78, 5) is 34.0. The molecule has 1 atom stereocenters. The topological polar surface area (TPSA) is 205 Å². The highest BCUT2D eigenvalue weighted by molar-refractivity contribution is 5.91. The van der Waals surface area contributed by atoms with E-state index in [-0.39, 0.29) is 12.5 Å². The first-order valence-electron chi connectivity index (χ1n) is 15.5. The molecule has 51 heavy (non-hydrogen) atoms. The number of hydrogen-bond acceptors (Lipinski definition) is 10. The summed E-state index contributed by atoms with van der Waals surface area (Å²) in [6.45, 7) is 0.0679. The minimum absolute atomic E-state index is 0.0679. The summed E-state index contributed by atoms with van der Waals surface area (Å²) < 4.78 is 26.4. The van der Waals surface area contributed by atoms with Crippen molar-refractivity contribution in [2.45, 2.75) is 18.4 Å². The number of amides is 2. The van der Waals surface area contributed by atoms with Crippen LogP contribution in [0.25, 0.3) is 22.8 Å². The molecule has 2 amide bonds. The number of ether oxygens (including phenoxy) is 5. The van der Waals surface area contributed by atoms with Gasteiger partial charge < -0.3 is 45.6 Å². The van der Waals surface area contributed by atoms with Gasteiger partial charge in [-0.3, -0.25) is 9.59 Å². The van der Waals surface area contributed by atoms with Gasteiger partial charge in [-0.1, -0.05) is 54.6 Å². The lowest BCUT2D eigenvalue weighted by Crippen LogP contribution is -2.46. The molecule has 13 heteroatoms. The molecule has 0 aliphatic heterocycles. The van der Waals surface area contributed by atoms with Gasteiger partial charge in [0.15, 0.2) is 11.5 Å². The van der Waals surface area contributed by atoms with Crippen molar-refractivity contribution < 1.29 is 43.2 Å². The highest BCUT2D eigenvalue weighted by Crippen LogP contribution is 2.44. The minimum Gasteiger partial charge on any atom is -0.495 e. The molecule has 4 aromatic rings. The third-order valence-electron chi connectivity index (χ3n) is 8.02. The smallest absolute Gasteiger partial charge is 0.407 e. The number of carboxylic acid groups (broad SMARTS) is 1. The van der Waals surface area contributed by atoms with E-state index in [1.54, 1.807) is 37.5 Å². The summed E-state index contributed by atoms with van der Waals surface area (Å²) in [5.74, 6) is -0.282. The molecule has 0 saturated carbocycles. The molecule has 0 heterocycles. The number of anilines is 1. The zero-order valence-electron chi connectivity index (χ0n) is 28.5. The Morgan fingerprint density at radius 3 is 1.90 bits per heavy atom. The summed E-state index contributed by atoms with van der Waals surface area (Å²) in [5, 5.41) is 20.5. The van der Waals surface area contributed by atoms with Gasteiger partial charge in [0.25, 0.3) is 0 Å². The van der Waals surface area contributed by atoms with Crippen LogP contribution in [-0.4, -0.2) is 64.2 Å². The number of alkyl carbamates (subject to hydrolysis) is 1. The number of carbonyl (C=O) groups is 3. The van der Waals surface area contributed by atoms with Crippen LogP contribution in [0.5, 0.6) is 23.0 Å². The van der Waals surface area contributed by atoms with E-state index in [4.69, 9.17) is 40.3 Å². The Hall–Kier alpha value is -6.68. The molecule has 0 aromatic heterocycles. The van der Waals surface area contributed by atoms with Gasteiger partial charge in [-0.2, -0.15) is 5.26 Å². The van der Waals surface area contributed by atoms with Crippen LogP contribution >= 0.6 is 0 Å². The number of fused-ring (bicyclic) bond motifs is 3. The Labute approximate surface area is 294 Å². The van der Waals surface area contributed by atoms with Crippen molar-refractivity contribution in [1.29, 1.82) is 5.26 Å². The van der Waals surface area contributed by atoms with Crippen molar-refractivity contribution in [3.8, 4) is 40.2 Å². The molecule has 0 fully saturated rings. The van der Waals surface area contributed by atoms with Gasteiger partial charge in [0.1, 0.15) is 18.4 Å². The van der Waals surface area contributed by atoms with Crippen molar-refractivity contribution in [3.05, 3.63) is 101 Å². The Bertz CT molecular complexity index is 1920. The van der Waals surface area contributed by atoms with E-state index >= 15 is 0 Å². The van der Waals surface area contributed by atoms with Crippen molar-refractivity contribution >= 4 is 35.3 Å². The zero-order chi connectivity index (χ0) is 37.1. The maximum Gasteiger partial charge on any atom is 0.407 e. The molecular formula is C38H38N4O9. The Morgan fingerprint density at radius 1 is 0.863 bits per heavy atom. The third-order valence-corrected chi connectivity index (χ3v) is 8.02. The second-order valence-corrected chi connectivity index (χ2v) is 11.1. The number of aliphatic carboxylic acids is 1. The van der Waals surface area contributed by atoms with Crippen LogP contribution in [0.1, 0.15) is 34.6 Å². The van der Waals surface area contributed by atoms with E-state index < -0.39 is 30.4 Å². The predicted molar refractivity (Wildman–Crippen MR) is 190 cm³/mol. The van der Waals surface area contributed by atoms with Crippen molar-refractivity contribution in [2.24, 2.45) is 5.73 Å². The van der Waals surface area contributed by atoms with Crippen LogP contribution in [0.15, 0.2) is 78.9 Å². The summed E-state index contributed by atoms with van der Waals surface area (Å²) >= 11 is 0. The number of nitrogens with one attached hydrogen (secondary N) is 1. The van der Waals surface area contributed by atoms with Crippen LogP contribution < -0.4 is 35.7 Å². The fourth-order valence-electron chi connectivity index (χ4n) is 5.61. The molecule has 0 spiro atoms. The molecule has 5 rings (SSSR count). The summed E-state index contributed by atoms with van der Waals surface area (Å²) in [5.41, 5.74) is 17.7. The molecule has 0 bridgehead atoms. The lowest BCUT2D eigenvalue weighted by molar-refractivity contribution is -0.139. The molecule has 0 radical (unpaired) electrons. The second kappa shape index (κ2) is 17.1. The number of rotatable bonds is 12. The molecule has 13 nitrogen and oxygen atoms in total. The fraction of sp³-hybridized carbons (Fsp3) is 0.211. The van der Waals surface area contributed by atoms with Crippen LogP contribution in [0.3, 0.4) is 0 Å². The third kappa shape index (κ3) is 8.87. The largest absolute Gasteiger partial charge is 0.495 e. The fourth-order valence-corrected chi connectivity index (χ4v) is 5.61. The number of carboxylic acids is 1. The van der Waals surface area contributed by atoms with E-state index in [0.29, 0.717) is 39.8 Å². The number of carbonyl (C=O) groups excluding carboxylic acids is 2. The van der Waals surface area contributed by atoms with Gasteiger partial charge in [-0.15, -0.1) is 0 Å². The Kier molecular flexibility index (Phi) is 12.5. The maximum absolute atomic E-state index is 12.0. The number of nitrogen functional groups attached to an aromatic ring is 1. The predicted octanol–water partition coefficient (Wildman–Crippen LogP) is 5.22. The van der Waals surface area contributed by atoms with Gasteiger partial charge in [0.2, 0.25) is 11.7 Å². The van der Waals surface area contributed by atoms with Crippen LogP contribution in [0, 0.1) is 11.3 Å². The van der Waals surface area contributed by atoms with E-state index in [1.165, 1.54) is 21.3 Å². The number of allylic oxidation sites excluding steroid dienone is 1. The summed E-state index contributed by atoms with van der Waals surface area (Å²) in [6, 6.07) is 25.4. The summed E-state index contributed by atoms with van der Waals surface area (Å²) in [7, 11) is 6.14. The lowest BCUT2D eigenvalue weighted by Gasteiger charge is -2.17. The lowest BCUT2D eigenvalue weighted by atomic mass is 9.98. The van der Waals surface area contributed by atoms with Crippen LogP contribution in [0.4, 0.5) is 10.5 Å². The normalized spacial score (nSPS) is 12.1. The standard InChI is InChI=1S/C19H18N2O5.C19H20N2O4/c20-18(24)16(9-17(22)23)21-19(25)26-10-15-13-7-3-1-5-11(13)12-6-2-4-8-14(12)15;1-22-16-6-5-12(8-15(16)21)7-14(11-20)13-9-17(23-2)19(25-4)18(10-13)24-3/h1-8,15-16H,9-10H2,(H2,20,24)(H,21,25)(H,22,23);5-10H,21H2,1-4H3/b;14-7-/t16-;/m0./s1. The molecule has 4 aromatic carbocycles. The maximum atomic E-state index is 12.0. The number of benzene rings is 4. The zero-order valence-corrected chi connectivity index (χ0v) is 28.5. The first-order valence-corrected chi connectivity index (χ1v) is 15.5. The van der Waals surface area contributed by atoms with Crippen molar-refractivity contribution in [2.75, 3.05) is 40.8 Å². The number of nitriles is 1. The van der Waals surface area contributed by atoms with E-state index in [9.17, 15) is 19.6 Å². The van der Waals surface area contributed by atoms with Crippen molar-refractivity contribution in [1.82, 2.24) is 5.32 Å². The Balaban J connectivity index is 0.000000229. The minimum atomic E-state index is -1.32. The monoisotopic (exact) mass is 694 g/mol. The van der Waals surface area contributed by atoms with E-state index in [1.807, 2.05) is 54.6 Å². The van der Waals surface area contributed by atoms with Crippen LogP contribution in [0.2, 0.25) is 0 Å². The molecule has 6 N–H and O–H groups in total. The highest BCUT2D eigenvalue weighted by Gasteiger charge is 2.30.